The van der Waals surface area contributed by atoms with Crippen LogP contribution in [0.2, 0.25) is 0 Å². The van der Waals surface area contributed by atoms with Gasteiger partial charge in [0.05, 0.1) is 11.1 Å². The maximum absolute atomic E-state index is 11.2. The first-order chi connectivity index (χ1) is 9.70. The molecule has 0 aliphatic carbocycles. The molecular formula is C16H16NO3+. The summed E-state index contributed by atoms with van der Waals surface area (Å²) in [6.07, 6.45) is 1.69. The van der Waals surface area contributed by atoms with Crippen molar-refractivity contribution in [3.05, 3.63) is 71.3 Å². The van der Waals surface area contributed by atoms with Gasteiger partial charge in [-0.3, -0.25) is 4.84 Å². The number of hydroxylamine groups is 1. The van der Waals surface area contributed by atoms with E-state index in [0.717, 1.165) is 5.56 Å². The van der Waals surface area contributed by atoms with Gasteiger partial charge in [-0.1, -0.05) is 42.5 Å². The van der Waals surface area contributed by atoms with E-state index in [9.17, 15) is 4.79 Å². The molecule has 102 valence electrons. The zero-order valence-electron chi connectivity index (χ0n) is 11.2. The summed E-state index contributed by atoms with van der Waals surface area (Å²) in [5, 5.41) is 9.16. The van der Waals surface area contributed by atoms with Gasteiger partial charge in [0.1, 0.15) is 7.11 Å². The number of benzene rings is 2. The second kappa shape index (κ2) is 6.52. The lowest BCUT2D eigenvalue weighted by Gasteiger charge is -2.02. The standard InChI is InChI=1S/C16H15NO3/c1-20-17(11-13-7-3-2-4-8-13)12-14-9-5-6-10-15(14)16(18)19/h2-10,12H,11H2,1H3/p+1/b17-12-. The van der Waals surface area contributed by atoms with E-state index >= 15 is 0 Å². The van der Waals surface area contributed by atoms with Crippen LogP contribution in [0.15, 0.2) is 54.6 Å². The van der Waals surface area contributed by atoms with Gasteiger partial charge in [-0.15, -0.1) is 0 Å². The minimum Gasteiger partial charge on any atom is -0.478 e. The molecule has 0 fully saturated rings. The summed E-state index contributed by atoms with van der Waals surface area (Å²) in [6, 6.07) is 16.7. The zero-order chi connectivity index (χ0) is 14.4. The highest BCUT2D eigenvalue weighted by Gasteiger charge is 2.13. The number of nitrogens with zero attached hydrogens (tertiary/aromatic N) is 1. The molecule has 20 heavy (non-hydrogen) atoms. The summed E-state index contributed by atoms with van der Waals surface area (Å²) < 4.78 is 1.61. The van der Waals surface area contributed by atoms with Crippen molar-refractivity contribution in [2.75, 3.05) is 7.11 Å². The quantitative estimate of drug-likeness (QED) is 0.516. The van der Waals surface area contributed by atoms with Crippen LogP contribution in [0.25, 0.3) is 0 Å². The summed E-state index contributed by atoms with van der Waals surface area (Å²) in [4.78, 5) is 16.4. The Morgan fingerprint density at radius 1 is 1.15 bits per heavy atom. The first-order valence-electron chi connectivity index (χ1n) is 6.22. The monoisotopic (exact) mass is 270 g/mol. The highest BCUT2D eigenvalue weighted by Crippen LogP contribution is 2.07. The second-order valence-corrected chi connectivity index (χ2v) is 4.26. The van der Waals surface area contributed by atoms with Crippen LogP contribution in [-0.2, 0) is 11.4 Å². The molecule has 0 saturated carbocycles. The lowest BCUT2D eigenvalue weighted by molar-refractivity contribution is -0.788. The van der Waals surface area contributed by atoms with Crippen LogP contribution in [0.1, 0.15) is 21.5 Å². The Labute approximate surface area is 117 Å². The van der Waals surface area contributed by atoms with Crippen LogP contribution in [0.5, 0.6) is 0 Å². The molecule has 0 spiro atoms. The largest absolute Gasteiger partial charge is 0.478 e. The average molecular weight is 270 g/mol. The fourth-order valence-corrected chi connectivity index (χ4v) is 1.89. The van der Waals surface area contributed by atoms with E-state index in [2.05, 4.69) is 0 Å². The van der Waals surface area contributed by atoms with Crippen molar-refractivity contribution in [2.45, 2.75) is 6.54 Å². The Morgan fingerprint density at radius 2 is 1.80 bits per heavy atom. The molecule has 0 amide bonds. The van der Waals surface area contributed by atoms with E-state index in [4.69, 9.17) is 9.94 Å². The van der Waals surface area contributed by atoms with Gasteiger partial charge in [-0.25, -0.2) is 4.79 Å². The number of hydrogen-bond donors (Lipinski definition) is 1. The van der Waals surface area contributed by atoms with Crippen molar-refractivity contribution < 1.29 is 19.5 Å². The van der Waals surface area contributed by atoms with E-state index in [0.29, 0.717) is 12.1 Å². The molecule has 0 bridgehead atoms. The first-order valence-corrected chi connectivity index (χ1v) is 6.22. The molecule has 0 aromatic heterocycles. The first kappa shape index (κ1) is 13.8. The Bertz CT molecular complexity index is 621. The third-order valence-electron chi connectivity index (χ3n) is 2.89. The lowest BCUT2D eigenvalue weighted by atomic mass is 10.1. The van der Waals surface area contributed by atoms with Crippen molar-refractivity contribution in [3.8, 4) is 0 Å². The Kier molecular flexibility index (Phi) is 4.50. The molecule has 2 rings (SSSR count). The average Bonchev–Trinajstić information content (AvgIpc) is 2.48. The number of carboxylic acid groups (broad SMARTS) is 1. The Morgan fingerprint density at radius 3 is 2.45 bits per heavy atom. The molecule has 0 atom stereocenters. The van der Waals surface area contributed by atoms with Crippen molar-refractivity contribution in [1.29, 1.82) is 0 Å². The molecule has 0 aliphatic rings. The maximum Gasteiger partial charge on any atom is 0.336 e. The molecule has 0 saturated heterocycles. The van der Waals surface area contributed by atoms with Crippen molar-refractivity contribution >= 4 is 12.2 Å². The molecule has 0 aliphatic heterocycles. The Balaban J connectivity index is 2.30. The van der Waals surface area contributed by atoms with Gasteiger partial charge in [-0.2, -0.15) is 0 Å². The number of hydrogen-bond acceptors (Lipinski definition) is 2. The molecule has 4 heteroatoms. The molecule has 2 aromatic carbocycles. The predicted molar refractivity (Wildman–Crippen MR) is 76.0 cm³/mol. The second-order valence-electron chi connectivity index (χ2n) is 4.26. The normalized spacial score (nSPS) is 11.2. The van der Waals surface area contributed by atoms with Crippen LogP contribution >= 0.6 is 0 Å². The van der Waals surface area contributed by atoms with Crippen LogP contribution in [0, 0.1) is 0 Å². The molecule has 0 heterocycles. The van der Waals surface area contributed by atoms with Gasteiger partial charge in [0, 0.05) is 5.56 Å². The molecular weight excluding hydrogens is 254 g/mol. The van der Waals surface area contributed by atoms with Gasteiger partial charge in [0.15, 0.2) is 0 Å². The summed E-state index contributed by atoms with van der Waals surface area (Å²) in [6.45, 7) is 0.547. The van der Waals surface area contributed by atoms with E-state index in [-0.39, 0.29) is 5.56 Å². The maximum atomic E-state index is 11.2. The molecule has 2 aromatic rings. The fourth-order valence-electron chi connectivity index (χ4n) is 1.89. The van der Waals surface area contributed by atoms with E-state index in [1.54, 1.807) is 42.3 Å². The minimum absolute atomic E-state index is 0.252. The van der Waals surface area contributed by atoms with Gasteiger partial charge in [0.25, 0.3) is 0 Å². The van der Waals surface area contributed by atoms with Crippen LogP contribution in [0.4, 0.5) is 0 Å². The number of carboxylic acids is 1. The highest BCUT2D eigenvalue weighted by atomic mass is 16.6. The summed E-state index contributed by atoms with van der Waals surface area (Å²) in [5.74, 6) is -0.951. The topological polar surface area (TPSA) is 49.5 Å². The molecule has 0 radical (unpaired) electrons. The highest BCUT2D eigenvalue weighted by molar-refractivity contribution is 5.97. The number of rotatable bonds is 5. The summed E-state index contributed by atoms with van der Waals surface area (Å²) in [5.41, 5.74) is 1.94. The zero-order valence-corrected chi connectivity index (χ0v) is 11.2. The number of aromatic carboxylic acids is 1. The van der Waals surface area contributed by atoms with Gasteiger partial charge < -0.3 is 5.11 Å². The van der Waals surface area contributed by atoms with E-state index in [1.165, 1.54) is 0 Å². The van der Waals surface area contributed by atoms with Crippen LogP contribution < -0.4 is 0 Å². The minimum atomic E-state index is -0.951. The fraction of sp³-hybridized carbons (Fsp3) is 0.125. The predicted octanol–water partition coefficient (Wildman–Crippen LogP) is 2.58. The van der Waals surface area contributed by atoms with Crippen LogP contribution in [-0.4, -0.2) is 29.1 Å². The van der Waals surface area contributed by atoms with E-state index in [1.807, 2.05) is 30.3 Å². The smallest absolute Gasteiger partial charge is 0.336 e. The molecule has 0 unspecified atom stereocenters. The third-order valence-corrected chi connectivity index (χ3v) is 2.89. The SMILES string of the molecule is CO/[N+](=C\c1ccccc1C(=O)O)Cc1ccccc1. The molecule has 4 nitrogen and oxygen atoms in total. The Hall–Kier alpha value is -2.62. The van der Waals surface area contributed by atoms with Crippen molar-refractivity contribution in [2.24, 2.45) is 0 Å². The van der Waals surface area contributed by atoms with Crippen molar-refractivity contribution in [1.82, 2.24) is 0 Å². The van der Waals surface area contributed by atoms with Gasteiger partial charge in [0.2, 0.25) is 12.8 Å². The third kappa shape index (κ3) is 3.45. The van der Waals surface area contributed by atoms with E-state index < -0.39 is 5.97 Å². The summed E-state index contributed by atoms with van der Waals surface area (Å²) in [7, 11) is 1.56. The number of carbonyl (C=O) groups is 1. The lowest BCUT2D eigenvalue weighted by Crippen LogP contribution is -2.14. The summed E-state index contributed by atoms with van der Waals surface area (Å²) >= 11 is 0. The van der Waals surface area contributed by atoms with Crippen LogP contribution in [0.3, 0.4) is 0 Å². The van der Waals surface area contributed by atoms with Gasteiger partial charge >= 0.3 is 5.97 Å². The van der Waals surface area contributed by atoms with Crippen molar-refractivity contribution in [3.63, 3.8) is 0 Å². The van der Waals surface area contributed by atoms with Gasteiger partial charge in [-0.05, 0) is 16.9 Å². The molecule has 1 N–H and O–H groups in total.